The van der Waals surface area contributed by atoms with Crippen LogP contribution in [0.25, 0.3) is 0 Å². The van der Waals surface area contributed by atoms with Crippen LogP contribution in [0.5, 0.6) is 0 Å². The third-order valence-corrected chi connectivity index (χ3v) is 2.95. The van der Waals surface area contributed by atoms with Gasteiger partial charge in [-0.25, -0.2) is 9.69 Å². The number of hydrogen-bond acceptors (Lipinski definition) is 4. The van der Waals surface area contributed by atoms with Gasteiger partial charge in [0.1, 0.15) is 6.04 Å². The molecule has 3 amide bonds. The summed E-state index contributed by atoms with van der Waals surface area (Å²) in [6.07, 6.45) is 0. The average Bonchev–Trinajstić information content (AvgIpc) is 2.65. The lowest BCUT2D eigenvalue weighted by molar-refractivity contribution is -0.384. The molecule has 7 nitrogen and oxygen atoms in total. The first-order valence-electron chi connectivity index (χ1n) is 5.80. The summed E-state index contributed by atoms with van der Waals surface area (Å²) in [6, 6.07) is 4.24. The molecule has 7 heteroatoms. The zero-order valence-corrected chi connectivity index (χ0v) is 10.5. The highest BCUT2D eigenvalue weighted by Gasteiger charge is 2.40. The van der Waals surface area contributed by atoms with Crippen LogP contribution in [0.15, 0.2) is 24.3 Å². The van der Waals surface area contributed by atoms with Crippen LogP contribution >= 0.6 is 0 Å². The molecule has 1 aromatic carbocycles. The van der Waals surface area contributed by atoms with E-state index >= 15 is 0 Å². The van der Waals surface area contributed by atoms with E-state index in [1.807, 2.05) is 13.8 Å². The monoisotopic (exact) mass is 263 g/mol. The van der Waals surface area contributed by atoms with E-state index < -0.39 is 17.0 Å². The molecule has 1 N–H and O–H groups in total. The van der Waals surface area contributed by atoms with Gasteiger partial charge in [0.25, 0.3) is 11.6 Å². The van der Waals surface area contributed by atoms with E-state index in [1.54, 1.807) is 0 Å². The summed E-state index contributed by atoms with van der Waals surface area (Å²) in [5, 5.41) is 13.1. The lowest BCUT2D eigenvalue weighted by Gasteiger charge is -2.14. The van der Waals surface area contributed by atoms with Crippen LogP contribution in [0, 0.1) is 16.0 Å². The van der Waals surface area contributed by atoms with Gasteiger partial charge in [0.15, 0.2) is 0 Å². The minimum absolute atomic E-state index is 0.0144. The van der Waals surface area contributed by atoms with Gasteiger partial charge in [0.2, 0.25) is 0 Å². The molecule has 0 spiro atoms. The molecule has 1 aromatic rings. The van der Waals surface area contributed by atoms with Crippen molar-refractivity contribution in [2.75, 3.05) is 4.90 Å². The maximum absolute atomic E-state index is 12.1. The summed E-state index contributed by atoms with van der Waals surface area (Å²) in [7, 11) is 0. The number of rotatable bonds is 3. The van der Waals surface area contributed by atoms with Crippen LogP contribution in [0.4, 0.5) is 16.2 Å². The van der Waals surface area contributed by atoms with Gasteiger partial charge in [-0.05, 0) is 18.1 Å². The largest absolute Gasteiger partial charge is 0.329 e. The Morgan fingerprint density at radius 1 is 1.26 bits per heavy atom. The maximum Gasteiger partial charge on any atom is 0.329 e. The van der Waals surface area contributed by atoms with Crippen LogP contribution in [-0.4, -0.2) is 22.9 Å². The summed E-state index contributed by atoms with van der Waals surface area (Å²) in [5.74, 6) is -0.353. The van der Waals surface area contributed by atoms with Crippen molar-refractivity contribution in [3.8, 4) is 0 Å². The van der Waals surface area contributed by atoms with E-state index in [9.17, 15) is 19.7 Å². The smallest absolute Gasteiger partial charge is 0.325 e. The highest BCUT2D eigenvalue weighted by Crippen LogP contribution is 2.24. The normalized spacial score (nSPS) is 18.9. The number of carbonyl (C=O) groups excluding carboxylic acids is 2. The van der Waals surface area contributed by atoms with Crippen molar-refractivity contribution in [3.05, 3.63) is 34.4 Å². The molecule has 0 saturated carbocycles. The van der Waals surface area contributed by atoms with Gasteiger partial charge in [0.05, 0.1) is 10.6 Å². The van der Waals surface area contributed by atoms with Crippen LogP contribution in [0.1, 0.15) is 13.8 Å². The second kappa shape index (κ2) is 4.68. The third kappa shape index (κ3) is 2.26. The van der Waals surface area contributed by atoms with Crippen LogP contribution in [-0.2, 0) is 4.79 Å². The van der Waals surface area contributed by atoms with Crippen molar-refractivity contribution >= 4 is 23.3 Å². The van der Waals surface area contributed by atoms with E-state index in [0.29, 0.717) is 5.69 Å². The number of nitro benzene ring substituents is 1. The first kappa shape index (κ1) is 13.0. The molecule has 1 aliphatic heterocycles. The number of non-ortho nitro benzene ring substituents is 1. The van der Waals surface area contributed by atoms with Crippen LogP contribution in [0.3, 0.4) is 0 Å². The topological polar surface area (TPSA) is 92.6 Å². The quantitative estimate of drug-likeness (QED) is 0.510. The number of urea groups is 1. The Hall–Kier alpha value is -2.44. The highest BCUT2D eigenvalue weighted by atomic mass is 16.6. The molecular weight excluding hydrogens is 250 g/mol. The molecule has 0 bridgehead atoms. The lowest BCUT2D eigenvalue weighted by Crippen LogP contribution is -2.34. The number of imide groups is 1. The molecule has 1 unspecified atom stereocenters. The Balaban J connectivity index is 2.29. The molecule has 1 heterocycles. The molecule has 100 valence electrons. The zero-order chi connectivity index (χ0) is 14.2. The molecule has 2 rings (SSSR count). The predicted molar refractivity (Wildman–Crippen MR) is 67.7 cm³/mol. The second-order valence-corrected chi connectivity index (χ2v) is 4.62. The van der Waals surface area contributed by atoms with Gasteiger partial charge in [-0.15, -0.1) is 0 Å². The fraction of sp³-hybridized carbons (Fsp3) is 0.333. The van der Waals surface area contributed by atoms with Gasteiger partial charge in [-0.3, -0.25) is 14.9 Å². The standard InChI is InChI=1S/C12H13N3O4/c1-7(2)10-11(16)14(12(17)13-10)8-3-5-9(6-4-8)15(18)19/h3-7,10H,1-2H3,(H,13,17). The van der Waals surface area contributed by atoms with Crippen molar-refractivity contribution in [1.29, 1.82) is 0 Å². The van der Waals surface area contributed by atoms with Crippen LogP contribution < -0.4 is 10.2 Å². The van der Waals surface area contributed by atoms with Crippen molar-refractivity contribution in [1.82, 2.24) is 5.32 Å². The fourth-order valence-electron chi connectivity index (χ4n) is 1.92. The molecule has 0 aromatic heterocycles. The highest BCUT2D eigenvalue weighted by molar-refractivity contribution is 6.21. The number of benzene rings is 1. The number of hydrogen-bond donors (Lipinski definition) is 1. The molecule has 0 aliphatic carbocycles. The average molecular weight is 263 g/mol. The maximum atomic E-state index is 12.1. The van der Waals surface area contributed by atoms with Gasteiger partial charge >= 0.3 is 6.03 Å². The number of nitrogens with zero attached hydrogens (tertiary/aromatic N) is 2. The molecule has 1 saturated heterocycles. The number of carbonyl (C=O) groups is 2. The van der Waals surface area contributed by atoms with E-state index in [4.69, 9.17) is 0 Å². The van der Waals surface area contributed by atoms with Crippen molar-refractivity contribution in [2.45, 2.75) is 19.9 Å². The van der Waals surface area contributed by atoms with Gasteiger partial charge in [-0.2, -0.15) is 0 Å². The second-order valence-electron chi connectivity index (χ2n) is 4.62. The van der Waals surface area contributed by atoms with Crippen molar-refractivity contribution in [3.63, 3.8) is 0 Å². The predicted octanol–water partition coefficient (Wildman–Crippen LogP) is 1.68. The summed E-state index contributed by atoms with van der Waals surface area (Å²) in [5.41, 5.74) is 0.243. The van der Waals surface area contributed by atoms with E-state index in [-0.39, 0.29) is 17.5 Å². The number of amides is 3. The van der Waals surface area contributed by atoms with Crippen molar-refractivity contribution < 1.29 is 14.5 Å². The molecule has 1 aliphatic rings. The summed E-state index contributed by atoms with van der Waals surface area (Å²) in [6.45, 7) is 3.67. The zero-order valence-electron chi connectivity index (χ0n) is 10.5. The lowest BCUT2D eigenvalue weighted by atomic mass is 10.0. The SMILES string of the molecule is CC(C)C1NC(=O)N(c2ccc([N+](=O)[O-])cc2)C1=O. The Kier molecular flexibility index (Phi) is 3.20. The Morgan fingerprint density at radius 3 is 2.26 bits per heavy atom. The molecule has 19 heavy (non-hydrogen) atoms. The van der Waals surface area contributed by atoms with E-state index in [1.165, 1.54) is 24.3 Å². The molecule has 1 fully saturated rings. The minimum atomic E-state index is -0.553. The Labute approximate surface area is 109 Å². The Bertz CT molecular complexity index is 538. The fourth-order valence-corrected chi connectivity index (χ4v) is 1.92. The van der Waals surface area contributed by atoms with Gasteiger partial charge in [0, 0.05) is 12.1 Å². The van der Waals surface area contributed by atoms with E-state index in [0.717, 1.165) is 4.90 Å². The third-order valence-electron chi connectivity index (χ3n) is 2.95. The van der Waals surface area contributed by atoms with Crippen molar-refractivity contribution in [2.24, 2.45) is 5.92 Å². The minimum Gasteiger partial charge on any atom is -0.325 e. The first-order valence-corrected chi connectivity index (χ1v) is 5.80. The molecule has 0 radical (unpaired) electrons. The number of nitro groups is 1. The Morgan fingerprint density at radius 2 is 1.84 bits per heavy atom. The van der Waals surface area contributed by atoms with Gasteiger partial charge in [-0.1, -0.05) is 13.8 Å². The molecular formula is C12H13N3O4. The summed E-state index contributed by atoms with van der Waals surface area (Å²) < 4.78 is 0. The molecule has 1 atom stereocenters. The number of anilines is 1. The van der Waals surface area contributed by atoms with Gasteiger partial charge < -0.3 is 5.32 Å². The first-order chi connectivity index (χ1) is 8.91. The van der Waals surface area contributed by atoms with Crippen LogP contribution in [0.2, 0.25) is 0 Å². The number of nitrogens with one attached hydrogen (secondary N) is 1. The van der Waals surface area contributed by atoms with E-state index in [2.05, 4.69) is 5.32 Å². The summed E-state index contributed by atoms with van der Waals surface area (Å²) >= 11 is 0. The summed E-state index contributed by atoms with van der Waals surface area (Å²) in [4.78, 5) is 34.9.